The van der Waals surface area contributed by atoms with Gasteiger partial charge in [-0.1, -0.05) is 13.8 Å². The van der Waals surface area contributed by atoms with E-state index < -0.39 is 5.54 Å². The third-order valence-corrected chi connectivity index (χ3v) is 3.64. The van der Waals surface area contributed by atoms with Crippen molar-refractivity contribution < 1.29 is 4.79 Å². The van der Waals surface area contributed by atoms with Gasteiger partial charge in [0, 0.05) is 19.6 Å². The first-order chi connectivity index (χ1) is 8.92. The Morgan fingerprint density at radius 3 is 2.79 bits per heavy atom. The molecule has 2 N–H and O–H groups in total. The Hall–Kier alpha value is -1.63. The highest BCUT2D eigenvalue weighted by Gasteiger charge is 2.31. The van der Waals surface area contributed by atoms with Crippen molar-refractivity contribution in [2.45, 2.75) is 32.4 Å². The summed E-state index contributed by atoms with van der Waals surface area (Å²) in [7, 11) is 0. The Balaban J connectivity index is 2.60. The minimum absolute atomic E-state index is 0.0243. The van der Waals surface area contributed by atoms with Crippen LogP contribution in [0.1, 0.15) is 20.8 Å². The number of hydrogen-bond acceptors (Lipinski definition) is 5. The minimum atomic E-state index is -0.868. The van der Waals surface area contributed by atoms with Crippen molar-refractivity contribution in [3.63, 3.8) is 0 Å². The second kappa shape index (κ2) is 6.51. The standard InChI is InChI=1S/C13H21N5O/c1-10(2)13(3,9-15)17-12(19)8-18-5-4-16-7-11(18)6-14/h10-11,16H,4-5,7-8H2,1-3H3,(H,17,19). The van der Waals surface area contributed by atoms with Crippen LogP contribution in [0.25, 0.3) is 0 Å². The van der Waals surface area contributed by atoms with Crippen LogP contribution in [0.15, 0.2) is 0 Å². The highest BCUT2D eigenvalue weighted by molar-refractivity contribution is 5.79. The second-order valence-electron chi connectivity index (χ2n) is 5.34. The quantitative estimate of drug-likeness (QED) is 0.735. The van der Waals surface area contributed by atoms with E-state index in [1.54, 1.807) is 6.92 Å². The molecule has 2 atom stereocenters. The van der Waals surface area contributed by atoms with Crippen molar-refractivity contribution in [3.8, 4) is 12.1 Å². The molecule has 1 saturated heterocycles. The number of amides is 1. The monoisotopic (exact) mass is 263 g/mol. The van der Waals surface area contributed by atoms with Crippen LogP contribution in [-0.2, 0) is 4.79 Å². The number of carbonyl (C=O) groups is 1. The van der Waals surface area contributed by atoms with Gasteiger partial charge in [-0.2, -0.15) is 10.5 Å². The molecule has 104 valence electrons. The van der Waals surface area contributed by atoms with E-state index >= 15 is 0 Å². The van der Waals surface area contributed by atoms with Gasteiger partial charge in [-0.3, -0.25) is 9.69 Å². The van der Waals surface area contributed by atoms with Crippen molar-refractivity contribution in [2.24, 2.45) is 5.92 Å². The molecule has 19 heavy (non-hydrogen) atoms. The number of carbonyl (C=O) groups excluding carboxylic acids is 1. The first-order valence-corrected chi connectivity index (χ1v) is 6.49. The van der Waals surface area contributed by atoms with Crippen LogP contribution < -0.4 is 10.6 Å². The fourth-order valence-corrected chi connectivity index (χ4v) is 1.88. The van der Waals surface area contributed by atoms with Crippen LogP contribution in [0.4, 0.5) is 0 Å². The summed E-state index contributed by atoms with van der Waals surface area (Å²) in [6.45, 7) is 7.67. The Labute approximate surface area is 114 Å². The maximum absolute atomic E-state index is 12.0. The van der Waals surface area contributed by atoms with E-state index in [-0.39, 0.29) is 24.4 Å². The van der Waals surface area contributed by atoms with Gasteiger partial charge in [0.15, 0.2) is 0 Å². The summed E-state index contributed by atoms with van der Waals surface area (Å²) < 4.78 is 0. The number of rotatable bonds is 4. The van der Waals surface area contributed by atoms with Crippen molar-refractivity contribution in [2.75, 3.05) is 26.2 Å². The van der Waals surface area contributed by atoms with Gasteiger partial charge in [0.2, 0.25) is 5.91 Å². The molecule has 1 aliphatic heterocycles. The van der Waals surface area contributed by atoms with E-state index in [1.807, 2.05) is 18.7 Å². The molecule has 0 aromatic carbocycles. The summed E-state index contributed by atoms with van der Waals surface area (Å²) in [6, 6.07) is 4.04. The van der Waals surface area contributed by atoms with Crippen LogP contribution in [0.3, 0.4) is 0 Å². The smallest absolute Gasteiger partial charge is 0.235 e. The summed E-state index contributed by atoms with van der Waals surface area (Å²) in [5.74, 6) is -0.184. The van der Waals surface area contributed by atoms with Crippen molar-refractivity contribution >= 4 is 5.91 Å². The van der Waals surface area contributed by atoms with Crippen molar-refractivity contribution in [1.29, 1.82) is 10.5 Å². The van der Waals surface area contributed by atoms with Crippen LogP contribution >= 0.6 is 0 Å². The third kappa shape index (κ3) is 3.92. The molecule has 0 aliphatic carbocycles. The fraction of sp³-hybridized carbons (Fsp3) is 0.769. The molecule has 1 aliphatic rings. The topological polar surface area (TPSA) is 91.9 Å². The highest BCUT2D eigenvalue weighted by Crippen LogP contribution is 2.15. The van der Waals surface area contributed by atoms with E-state index in [4.69, 9.17) is 10.5 Å². The summed E-state index contributed by atoms with van der Waals surface area (Å²) in [5.41, 5.74) is -0.868. The first-order valence-electron chi connectivity index (χ1n) is 6.49. The van der Waals surface area contributed by atoms with Gasteiger partial charge in [0.1, 0.15) is 11.6 Å². The molecule has 2 unspecified atom stereocenters. The number of hydrogen-bond donors (Lipinski definition) is 2. The Kier molecular flexibility index (Phi) is 5.29. The maximum atomic E-state index is 12.0. The molecule has 6 heteroatoms. The van der Waals surface area contributed by atoms with E-state index in [2.05, 4.69) is 22.8 Å². The van der Waals surface area contributed by atoms with Gasteiger partial charge < -0.3 is 10.6 Å². The molecule has 1 heterocycles. The summed E-state index contributed by atoms with van der Waals surface area (Å²) in [6.07, 6.45) is 0. The molecule has 0 aromatic heterocycles. The molecule has 0 saturated carbocycles. The highest BCUT2D eigenvalue weighted by atomic mass is 16.2. The lowest BCUT2D eigenvalue weighted by Gasteiger charge is -2.33. The predicted octanol–water partition coefficient (Wildman–Crippen LogP) is -0.162. The molecular weight excluding hydrogens is 242 g/mol. The zero-order chi connectivity index (χ0) is 14.5. The van der Waals surface area contributed by atoms with Crippen LogP contribution in [0, 0.1) is 28.6 Å². The van der Waals surface area contributed by atoms with E-state index in [0.29, 0.717) is 13.1 Å². The summed E-state index contributed by atoms with van der Waals surface area (Å²) >= 11 is 0. The minimum Gasteiger partial charge on any atom is -0.337 e. The molecule has 0 radical (unpaired) electrons. The lowest BCUT2D eigenvalue weighted by molar-refractivity contribution is -0.124. The van der Waals surface area contributed by atoms with Crippen molar-refractivity contribution in [3.05, 3.63) is 0 Å². The SMILES string of the molecule is CC(C)C(C)(C#N)NC(=O)CN1CCNCC1C#N. The summed E-state index contributed by atoms with van der Waals surface area (Å²) in [4.78, 5) is 13.9. The fourth-order valence-electron chi connectivity index (χ4n) is 1.88. The third-order valence-electron chi connectivity index (χ3n) is 3.64. The van der Waals surface area contributed by atoms with Gasteiger partial charge in [0.25, 0.3) is 0 Å². The summed E-state index contributed by atoms with van der Waals surface area (Å²) in [5, 5.41) is 24.1. The maximum Gasteiger partial charge on any atom is 0.235 e. The Morgan fingerprint density at radius 2 is 2.26 bits per heavy atom. The number of nitrogens with zero attached hydrogens (tertiary/aromatic N) is 3. The molecule has 0 bridgehead atoms. The van der Waals surface area contributed by atoms with Gasteiger partial charge in [-0.05, 0) is 12.8 Å². The van der Waals surface area contributed by atoms with Gasteiger partial charge >= 0.3 is 0 Å². The molecule has 0 aromatic rings. The molecule has 1 rings (SSSR count). The normalized spacial score (nSPS) is 23.2. The molecule has 6 nitrogen and oxygen atoms in total. The van der Waals surface area contributed by atoms with Gasteiger partial charge in [-0.15, -0.1) is 0 Å². The lowest BCUT2D eigenvalue weighted by atomic mass is 9.90. The Bertz CT molecular complexity index is 408. The van der Waals surface area contributed by atoms with E-state index in [0.717, 1.165) is 6.54 Å². The number of nitriles is 2. The zero-order valence-electron chi connectivity index (χ0n) is 11.7. The molecule has 1 amide bonds. The zero-order valence-corrected chi connectivity index (χ0v) is 11.7. The van der Waals surface area contributed by atoms with Gasteiger partial charge in [-0.25, -0.2) is 0 Å². The largest absolute Gasteiger partial charge is 0.337 e. The average Bonchev–Trinajstić information content (AvgIpc) is 2.38. The first kappa shape index (κ1) is 15.4. The molecule has 0 spiro atoms. The van der Waals surface area contributed by atoms with E-state index in [1.165, 1.54) is 0 Å². The van der Waals surface area contributed by atoms with Crippen LogP contribution in [-0.4, -0.2) is 48.6 Å². The van der Waals surface area contributed by atoms with E-state index in [9.17, 15) is 4.79 Å². The second-order valence-corrected chi connectivity index (χ2v) is 5.34. The molecule has 1 fully saturated rings. The van der Waals surface area contributed by atoms with Crippen LogP contribution in [0.2, 0.25) is 0 Å². The predicted molar refractivity (Wildman–Crippen MR) is 70.8 cm³/mol. The van der Waals surface area contributed by atoms with Crippen molar-refractivity contribution in [1.82, 2.24) is 15.5 Å². The van der Waals surface area contributed by atoms with Gasteiger partial charge in [0.05, 0.1) is 18.7 Å². The Morgan fingerprint density at radius 1 is 1.58 bits per heavy atom. The lowest BCUT2D eigenvalue weighted by Crippen LogP contribution is -2.56. The van der Waals surface area contributed by atoms with Crippen LogP contribution in [0.5, 0.6) is 0 Å². The average molecular weight is 263 g/mol. The molecular formula is C13H21N5O. The number of nitrogens with one attached hydrogen (secondary N) is 2. The number of piperazine rings is 1.